The Morgan fingerprint density at radius 2 is 2.00 bits per heavy atom. The highest BCUT2D eigenvalue weighted by atomic mass is 16.5. The van der Waals surface area contributed by atoms with Crippen molar-refractivity contribution >= 4 is 0 Å². The van der Waals surface area contributed by atoms with Crippen molar-refractivity contribution in [1.82, 2.24) is 5.32 Å². The third kappa shape index (κ3) is 1.86. The molecule has 1 heterocycles. The van der Waals surface area contributed by atoms with Gasteiger partial charge in [-0.25, -0.2) is 0 Å². The summed E-state index contributed by atoms with van der Waals surface area (Å²) in [7, 11) is 1.93. The maximum Gasteiger partial charge on any atom is 0.0596 e. The van der Waals surface area contributed by atoms with Crippen LogP contribution >= 0.6 is 0 Å². The molecule has 0 radical (unpaired) electrons. The van der Waals surface area contributed by atoms with Gasteiger partial charge >= 0.3 is 0 Å². The van der Waals surface area contributed by atoms with Gasteiger partial charge in [0, 0.05) is 6.04 Å². The fraction of sp³-hybridized carbons (Fsp3) is 0.538. The Morgan fingerprint density at radius 1 is 1.38 bits per heavy atom. The van der Waals surface area contributed by atoms with E-state index < -0.39 is 0 Å². The van der Waals surface area contributed by atoms with Crippen LogP contribution in [-0.4, -0.2) is 32.0 Å². The molecule has 0 aromatic heterocycles. The third-order valence-corrected chi connectivity index (χ3v) is 3.41. The highest BCUT2D eigenvalue weighted by molar-refractivity contribution is 5.26. The van der Waals surface area contributed by atoms with Crippen LogP contribution in [0.15, 0.2) is 24.3 Å². The van der Waals surface area contributed by atoms with Gasteiger partial charge < -0.3 is 15.2 Å². The van der Waals surface area contributed by atoms with Crippen LogP contribution in [0.5, 0.6) is 0 Å². The normalized spacial score (nSPS) is 20.2. The van der Waals surface area contributed by atoms with Crippen molar-refractivity contribution in [3.63, 3.8) is 0 Å². The molecule has 1 fully saturated rings. The van der Waals surface area contributed by atoms with E-state index in [2.05, 4.69) is 36.5 Å². The number of ether oxygens (including phenoxy) is 1. The molecule has 0 saturated carbocycles. The van der Waals surface area contributed by atoms with Gasteiger partial charge in [0.05, 0.1) is 25.2 Å². The molecule has 1 aromatic rings. The molecule has 2 rings (SSSR count). The van der Waals surface area contributed by atoms with E-state index in [1.807, 2.05) is 7.05 Å². The largest absolute Gasteiger partial charge is 0.396 e. The van der Waals surface area contributed by atoms with Gasteiger partial charge in [-0.2, -0.15) is 0 Å². The van der Waals surface area contributed by atoms with Crippen LogP contribution in [0.3, 0.4) is 0 Å². The van der Waals surface area contributed by atoms with Crippen LogP contribution in [0, 0.1) is 12.3 Å². The van der Waals surface area contributed by atoms with E-state index in [1.165, 1.54) is 11.1 Å². The molecule has 88 valence electrons. The standard InChI is InChI=1S/C13H19NO2/c1-10-3-5-11(6-4-10)12(14-2)13(7-15)8-16-9-13/h3-6,12,14-15H,7-9H2,1-2H3. The molecule has 1 saturated heterocycles. The van der Waals surface area contributed by atoms with Crippen LogP contribution in [0.25, 0.3) is 0 Å². The predicted molar refractivity (Wildman–Crippen MR) is 63.3 cm³/mol. The molecule has 1 aliphatic rings. The first-order valence-electron chi connectivity index (χ1n) is 5.64. The van der Waals surface area contributed by atoms with Crippen molar-refractivity contribution in [2.24, 2.45) is 5.41 Å². The lowest BCUT2D eigenvalue weighted by Crippen LogP contribution is -2.53. The van der Waals surface area contributed by atoms with Gasteiger partial charge in [-0.3, -0.25) is 0 Å². The number of aryl methyl sites for hydroxylation is 1. The Hall–Kier alpha value is -0.900. The first-order chi connectivity index (χ1) is 7.72. The van der Waals surface area contributed by atoms with Crippen LogP contribution in [0.1, 0.15) is 17.2 Å². The average molecular weight is 221 g/mol. The molecule has 1 atom stereocenters. The van der Waals surface area contributed by atoms with Crippen LogP contribution < -0.4 is 5.32 Å². The fourth-order valence-electron chi connectivity index (χ4n) is 2.30. The zero-order chi connectivity index (χ0) is 11.6. The van der Waals surface area contributed by atoms with Crippen LogP contribution in [-0.2, 0) is 4.74 Å². The molecular formula is C13H19NO2. The minimum Gasteiger partial charge on any atom is -0.396 e. The van der Waals surface area contributed by atoms with Gasteiger partial charge in [0.25, 0.3) is 0 Å². The summed E-state index contributed by atoms with van der Waals surface area (Å²) in [6.45, 7) is 3.49. The molecule has 1 aliphatic heterocycles. The van der Waals surface area contributed by atoms with Gasteiger partial charge in [0.2, 0.25) is 0 Å². The van der Waals surface area contributed by atoms with Crippen LogP contribution in [0.4, 0.5) is 0 Å². The maximum absolute atomic E-state index is 9.53. The zero-order valence-electron chi connectivity index (χ0n) is 9.86. The molecule has 3 heteroatoms. The Bertz CT molecular complexity index is 338. The molecule has 1 aromatic carbocycles. The summed E-state index contributed by atoms with van der Waals surface area (Å²) in [4.78, 5) is 0. The summed E-state index contributed by atoms with van der Waals surface area (Å²) in [5, 5.41) is 12.8. The second kappa shape index (κ2) is 4.53. The first-order valence-corrected chi connectivity index (χ1v) is 5.64. The van der Waals surface area contributed by atoms with Crippen molar-refractivity contribution in [2.75, 3.05) is 26.9 Å². The number of aliphatic hydroxyl groups excluding tert-OH is 1. The van der Waals surface area contributed by atoms with E-state index in [0.29, 0.717) is 13.2 Å². The van der Waals surface area contributed by atoms with Gasteiger partial charge in [-0.1, -0.05) is 29.8 Å². The van der Waals surface area contributed by atoms with Gasteiger partial charge in [0.15, 0.2) is 0 Å². The van der Waals surface area contributed by atoms with Gasteiger partial charge in [-0.05, 0) is 19.5 Å². The number of hydrogen-bond acceptors (Lipinski definition) is 3. The number of nitrogens with one attached hydrogen (secondary N) is 1. The fourth-order valence-corrected chi connectivity index (χ4v) is 2.30. The Kier molecular flexibility index (Phi) is 3.28. The minimum absolute atomic E-state index is 0.149. The molecule has 0 aliphatic carbocycles. The van der Waals surface area contributed by atoms with E-state index in [9.17, 15) is 5.11 Å². The maximum atomic E-state index is 9.53. The van der Waals surface area contributed by atoms with Gasteiger partial charge in [-0.15, -0.1) is 0 Å². The Labute approximate surface area is 96.4 Å². The van der Waals surface area contributed by atoms with Crippen molar-refractivity contribution in [1.29, 1.82) is 0 Å². The van der Waals surface area contributed by atoms with E-state index >= 15 is 0 Å². The molecule has 0 amide bonds. The molecule has 0 spiro atoms. The molecular weight excluding hydrogens is 202 g/mol. The number of aliphatic hydroxyl groups is 1. The molecule has 0 bridgehead atoms. The quantitative estimate of drug-likeness (QED) is 0.804. The SMILES string of the molecule is CNC(c1ccc(C)cc1)C1(CO)COC1. The van der Waals surface area contributed by atoms with Crippen LogP contribution in [0.2, 0.25) is 0 Å². The van der Waals surface area contributed by atoms with Crippen molar-refractivity contribution < 1.29 is 9.84 Å². The Balaban J connectivity index is 2.25. The Morgan fingerprint density at radius 3 is 2.38 bits per heavy atom. The summed E-state index contributed by atoms with van der Waals surface area (Å²) in [6, 6.07) is 8.60. The lowest BCUT2D eigenvalue weighted by atomic mass is 9.76. The highest BCUT2D eigenvalue weighted by Gasteiger charge is 2.45. The highest BCUT2D eigenvalue weighted by Crippen LogP contribution is 2.39. The van der Waals surface area contributed by atoms with E-state index in [0.717, 1.165) is 0 Å². The molecule has 2 N–H and O–H groups in total. The van der Waals surface area contributed by atoms with E-state index in [-0.39, 0.29) is 18.1 Å². The summed E-state index contributed by atoms with van der Waals surface area (Å²) in [5.74, 6) is 0. The molecule has 1 unspecified atom stereocenters. The molecule has 16 heavy (non-hydrogen) atoms. The van der Waals surface area contributed by atoms with Crippen molar-refractivity contribution in [2.45, 2.75) is 13.0 Å². The number of rotatable bonds is 4. The van der Waals surface area contributed by atoms with E-state index in [1.54, 1.807) is 0 Å². The monoisotopic (exact) mass is 221 g/mol. The zero-order valence-corrected chi connectivity index (χ0v) is 9.86. The van der Waals surface area contributed by atoms with Crippen molar-refractivity contribution in [3.8, 4) is 0 Å². The minimum atomic E-state index is -0.149. The predicted octanol–water partition coefficient (Wildman–Crippen LogP) is 1.26. The second-order valence-corrected chi connectivity index (χ2v) is 4.65. The van der Waals surface area contributed by atoms with Gasteiger partial charge in [0.1, 0.15) is 0 Å². The summed E-state index contributed by atoms with van der Waals surface area (Å²) in [6.07, 6.45) is 0. The topological polar surface area (TPSA) is 41.5 Å². The first kappa shape index (κ1) is 11.6. The lowest BCUT2D eigenvalue weighted by Gasteiger charge is -2.46. The summed E-state index contributed by atoms with van der Waals surface area (Å²) < 4.78 is 5.26. The number of benzene rings is 1. The summed E-state index contributed by atoms with van der Waals surface area (Å²) >= 11 is 0. The molecule has 3 nitrogen and oxygen atoms in total. The smallest absolute Gasteiger partial charge is 0.0596 e. The van der Waals surface area contributed by atoms with E-state index in [4.69, 9.17) is 4.74 Å². The average Bonchev–Trinajstić information content (AvgIpc) is 2.25. The second-order valence-electron chi connectivity index (χ2n) is 4.65. The lowest BCUT2D eigenvalue weighted by molar-refractivity contribution is -0.155. The summed E-state index contributed by atoms with van der Waals surface area (Å²) in [5.41, 5.74) is 2.32. The third-order valence-electron chi connectivity index (χ3n) is 3.41. The number of hydrogen-bond donors (Lipinski definition) is 2. The van der Waals surface area contributed by atoms with Crippen molar-refractivity contribution in [3.05, 3.63) is 35.4 Å².